The fraction of sp³-hybridized carbons (Fsp3) is 0.625. The minimum Gasteiger partial charge on any atom is -0.313 e. The first-order valence-corrected chi connectivity index (χ1v) is 7.68. The third-order valence-corrected chi connectivity index (χ3v) is 5.51. The number of rotatable bonds is 4. The molecular formula is C16H19ClFN. The zero-order valence-electron chi connectivity index (χ0n) is 11.0. The van der Waals surface area contributed by atoms with E-state index in [0.29, 0.717) is 11.5 Å². The van der Waals surface area contributed by atoms with E-state index in [0.717, 1.165) is 24.9 Å². The Kier molecular flexibility index (Phi) is 2.53. The number of hydrogen-bond acceptors (Lipinski definition) is 1. The molecule has 1 spiro atoms. The maximum Gasteiger partial charge on any atom is 0.145 e. The summed E-state index contributed by atoms with van der Waals surface area (Å²) in [5.74, 6) is -0.197. The largest absolute Gasteiger partial charge is 0.313 e. The Balaban J connectivity index is 1.63. The molecule has 1 nitrogen and oxygen atoms in total. The second kappa shape index (κ2) is 3.95. The molecule has 3 saturated carbocycles. The SMILES string of the molecule is Fc1c(Cl)cccc1C1(CNC2CC2)CC2(CC2)C1. The molecule has 0 unspecified atom stereocenters. The molecule has 0 atom stereocenters. The lowest BCUT2D eigenvalue weighted by Gasteiger charge is -2.49. The van der Waals surface area contributed by atoms with Gasteiger partial charge in [-0.15, -0.1) is 0 Å². The molecule has 0 amide bonds. The fourth-order valence-electron chi connectivity index (χ4n) is 3.87. The van der Waals surface area contributed by atoms with E-state index < -0.39 is 0 Å². The van der Waals surface area contributed by atoms with Crippen molar-refractivity contribution in [2.75, 3.05) is 6.54 Å². The molecule has 0 heterocycles. The number of hydrogen-bond donors (Lipinski definition) is 1. The lowest BCUT2D eigenvalue weighted by Crippen LogP contribution is -2.50. The zero-order valence-corrected chi connectivity index (χ0v) is 11.8. The molecular weight excluding hydrogens is 261 g/mol. The minimum absolute atomic E-state index is 0.00588. The summed E-state index contributed by atoms with van der Waals surface area (Å²) >= 11 is 5.97. The van der Waals surface area contributed by atoms with Crippen molar-refractivity contribution >= 4 is 11.6 Å². The van der Waals surface area contributed by atoms with Crippen LogP contribution in [0.4, 0.5) is 4.39 Å². The van der Waals surface area contributed by atoms with E-state index in [9.17, 15) is 4.39 Å². The van der Waals surface area contributed by atoms with Gasteiger partial charge < -0.3 is 5.32 Å². The number of benzene rings is 1. The summed E-state index contributed by atoms with van der Waals surface area (Å²) in [6, 6.07) is 6.14. The van der Waals surface area contributed by atoms with E-state index in [4.69, 9.17) is 11.6 Å². The van der Waals surface area contributed by atoms with Gasteiger partial charge in [0.1, 0.15) is 5.82 Å². The van der Waals surface area contributed by atoms with Gasteiger partial charge in [0.2, 0.25) is 0 Å². The highest BCUT2D eigenvalue weighted by Crippen LogP contribution is 2.69. The Morgan fingerprint density at radius 3 is 2.63 bits per heavy atom. The van der Waals surface area contributed by atoms with Crippen molar-refractivity contribution in [3.05, 3.63) is 34.6 Å². The molecule has 0 bridgehead atoms. The van der Waals surface area contributed by atoms with E-state index in [-0.39, 0.29) is 16.3 Å². The van der Waals surface area contributed by atoms with Gasteiger partial charge in [0.15, 0.2) is 0 Å². The van der Waals surface area contributed by atoms with Gasteiger partial charge in [-0.3, -0.25) is 0 Å². The van der Waals surface area contributed by atoms with Crippen molar-refractivity contribution < 1.29 is 4.39 Å². The third kappa shape index (κ3) is 2.00. The maximum atomic E-state index is 14.4. The van der Waals surface area contributed by atoms with Gasteiger partial charge in [-0.2, -0.15) is 0 Å². The van der Waals surface area contributed by atoms with Crippen LogP contribution in [0, 0.1) is 11.2 Å². The summed E-state index contributed by atoms with van der Waals surface area (Å²) in [4.78, 5) is 0. The monoisotopic (exact) mass is 279 g/mol. The fourth-order valence-corrected chi connectivity index (χ4v) is 4.04. The standard InChI is InChI=1S/C16H19ClFN/c17-13-3-1-2-12(14(13)18)16(10-19-11-4-5-11)8-15(9-16)6-7-15/h1-3,11,19H,4-10H2. The van der Waals surface area contributed by atoms with Crippen LogP contribution in [0.25, 0.3) is 0 Å². The minimum atomic E-state index is -0.197. The molecule has 0 radical (unpaired) electrons. The summed E-state index contributed by atoms with van der Waals surface area (Å²) < 4.78 is 14.4. The molecule has 3 heteroatoms. The Morgan fingerprint density at radius 1 is 1.26 bits per heavy atom. The van der Waals surface area contributed by atoms with Crippen molar-refractivity contribution in [3.8, 4) is 0 Å². The van der Waals surface area contributed by atoms with Gasteiger partial charge in [-0.1, -0.05) is 23.7 Å². The van der Waals surface area contributed by atoms with E-state index in [2.05, 4.69) is 5.32 Å². The molecule has 1 aromatic rings. The lowest BCUT2D eigenvalue weighted by atomic mass is 9.56. The van der Waals surface area contributed by atoms with Crippen molar-refractivity contribution in [2.24, 2.45) is 5.41 Å². The van der Waals surface area contributed by atoms with Crippen LogP contribution in [0.1, 0.15) is 44.1 Å². The quantitative estimate of drug-likeness (QED) is 0.877. The van der Waals surface area contributed by atoms with Gasteiger partial charge in [0.25, 0.3) is 0 Å². The third-order valence-electron chi connectivity index (χ3n) is 5.21. The first kappa shape index (κ1) is 12.2. The highest BCUT2D eigenvalue weighted by molar-refractivity contribution is 6.30. The van der Waals surface area contributed by atoms with Crippen LogP contribution < -0.4 is 5.32 Å². The smallest absolute Gasteiger partial charge is 0.145 e. The Hall–Kier alpha value is -0.600. The molecule has 3 fully saturated rings. The predicted molar refractivity (Wildman–Crippen MR) is 75.0 cm³/mol. The topological polar surface area (TPSA) is 12.0 Å². The van der Waals surface area contributed by atoms with Crippen LogP contribution >= 0.6 is 11.6 Å². The second-order valence-corrected chi connectivity index (χ2v) is 7.30. The van der Waals surface area contributed by atoms with Gasteiger partial charge >= 0.3 is 0 Å². The molecule has 0 aliphatic heterocycles. The van der Waals surface area contributed by atoms with Gasteiger partial charge in [-0.25, -0.2) is 4.39 Å². The zero-order chi connectivity index (χ0) is 13.1. The first-order valence-electron chi connectivity index (χ1n) is 7.31. The predicted octanol–water partition coefficient (Wildman–Crippen LogP) is 4.04. The molecule has 1 aromatic carbocycles. The summed E-state index contributed by atoms with van der Waals surface area (Å²) in [7, 11) is 0. The van der Waals surface area contributed by atoms with Crippen LogP contribution in [0.5, 0.6) is 0 Å². The van der Waals surface area contributed by atoms with Gasteiger partial charge in [-0.05, 0) is 55.6 Å². The number of halogens is 2. The van der Waals surface area contributed by atoms with Crippen LogP contribution in [0.2, 0.25) is 5.02 Å². The highest BCUT2D eigenvalue weighted by Gasteiger charge is 2.61. The molecule has 4 rings (SSSR count). The lowest BCUT2D eigenvalue weighted by molar-refractivity contribution is 0.112. The molecule has 102 valence electrons. The van der Waals surface area contributed by atoms with E-state index in [1.807, 2.05) is 12.1 Å². The van der Waals surface area contributed by atoms with Crippen LogP contribution in [-0.2, 0) is 5.41 Å². The average molecular weight is 280 g/mol. The highest BCUT2D eigenvalue weighted by atomic mass is 35.5. The van der Waals surface area contributed by atoms with E-state index >= 15 is 0 Å². The average Bonchev–Trinajstić information content (AvgIpc) is 3.23. The number of nitrogens with one attached hydrogen (secondary N) is 1. The van der Waals surface area contributed by atoms with Gasteiger partial charge in [0.05, 0.1) is 5.02 Å². The molecule has 19 heavy (non-hydrogen) atoms. The Bertz CT molecular complexity index is 511. The molecule has 0 saturated heterocycles. The maximum absolute atomic E-state index is 14.4. The second-order valence-electron chi connectivity index (χ2n) is 6.89. The Labute approximate surface area is 118 Å². The summed E-state index contributed by atoms with van der Waals surface area (Å²) in [6.07, 6.45) is 7.49. The van der Waals surface area contributed by atoms with Crippen molar-refractivity contribution in [3.63, 3.8) is 0 Å². The van der Waals surface area contributed by atoms with Crippen molar-refractivity contribution in [2.45, 2.75) is 50.0 Å². The summed E-state index contributed by atoms with van der Waals surface area (Å²) in [5.41, 5.74) is 1.39. The molecule has 3 aliphatic carbocycles. The van der Waals surface area contributed by atoms with E-state index in [1.54, 1.807) is 6.07 Å². The van der Waals surface area contributed by atoms with Crippen LogP contribution in [0.3, 0.4) is 0 Å². The molecule has 1 N–H and O–H groups in total. The summed E-state index contributed by atoms with van der Waals surface area (Å²) in [5, 5.41) is 3.86. The first-order chi connectivity index (χ1) is 9.13. The molecule has 0 aromatic heterocycles. The van der Waals surface area contributed by atoms with Crippen LogP contribution in [0.15, 0.2) is 18.2 Å². The normalized spacial score (nSPS) is 26.2. The molecule has 3 aliphatic rings. The van der Waals surface area contributed by atoms with Crippen molar-refractivity contribution in [1.82, 2.24) is 5.32 Å². The Morgan fingerprint density at radius 2 is 2.00 bits per heavy atom. The summed E-state index contributed by atoms with van der Waals surface area (Å²) in [6.45, 7) is 0.913. The van der Waals surface area contributed by atoms with Crippen molar-refractivity contribution in [1.29, 1.82) is 0 Å². The van der Waals surface area contributed by atoms with E-state index in [1.165, 1.54) is 25.7 Å². The van der Waals surface area contributed by atoms with Crippen LogP contribution in [-0.4, -0.2) is 12.6 Å². The van der Waals surface area contributed by atoms with Gasteiger partial charge in [0, 0.05) is 18.0 Å².